The summed E-state index contributed by atoms with van der Waals surface area (Å²) >= 11 is 0. The van der Waals surface area contributed by atoms with Gasteiger partial charge in [0.25, 0.3) is 5.91 Å². The minimum absolute atomic E-state index is 0.0698. The van der Waals surface area contributed by atoms with E-state index in [9.17, 15) is 9.59 Å². The highest BCUT2D eigenvalue weighted by Gasteiger charge is 2.25. The van der Waals surface area contributed by atoms with Crippen LogP contribution in [0.25, 0.3) is 11.0 Å². The van der Waals surface area contributed by atoms with Crippen molar-refractivity contribution < 1.29 is 9.59 Å². The zero-order chi connectivity index (χ0) is 24.9. The van der Waals surface area contributed by atoms with Crippen LogP contribution in [0, 0.1) is 0 Å². The van der Waals surface area contributed by atoms with E-state index in [4.69, 9.17) is 4.98 Å². The lowest BCUT2D eigenvalue weighted by atomic mass is 10.2. The number of hydrogen-bond acceptors (Lipinski definition) is 4. The number of hydrogen-bond donors (Lipinski definition) is 1. The second-order valence-electron chi connectivity index (χ2n) is 9.25. The fraction of sp³-hybridized carbons (Fsp3) is 0.276. The zero-order valence-corrected chi connectivity index (χ0v) is 20.5. The Morgan fingerprint density at radius 2 is 1.50 bits per heavy atom. The third-order valence-electron chi connectivity index (χ3n) is 6.72. The summed E-state index contributed by atoms with van der Waals surface area (Å²) in [5.74, 6) is 0.583. The lowest BCUT2D eigenvalue weighted by molar-refractivity contribution is -0.133. The molecule has 7 nitrogen and oxygen atoms in total. The molecule has 7 heteroatoms. The predicted octanol–water partition coefficient (Wildman–Crippen LogP) is 3.87. The topological polar surface area (TPSA) is 70.5 Å². The van der Waals surface area contributed by atoms with Gasteiger partial charge in [-0.2, -0.15) is 0 Å². The molecule has 0 radical (unpaired) electrons. The van der Waals surface area contributed by atoms with Crippen LogP contribution in [0.1, 0.15) is 34.7 Å². The number of para-hydroxylation sites is 2. The predicted molar refractivity (Wildman–Crippen MR) is 140 cm³/mol. The van der Waals surface area contributed by atoms with Crippen molar-refractivity contribution in [2.24, 2.45) is 0 Å². The molecule has 2 amide bonds. The highest BCUT2D eigenvalue weighted by molar-refractivity contribution is 5.94. The van der Waals surface area contributed by atoms with E-state index in [1.807, 2.05) is 64.9 Å². The maximum atomic E-state index is 13.4. The van der Waals surface area contributed by atoms with Gasteiger partial charge in [0, 0.05) is 38.3 Å². The number of carbonyl (C=O) groups excluding carboxylic acids is 2. The summed E-state index contributed by atoms with van der Waals surface area (Å²) in [6, 6.07) is 27.0. The number of rotatable bonds is 7. The molecule has 0 unspecified atom stereocenters. The molecule has 1 fully saturated rings. The first-order valence-corrected chi connectivity index (χ1v) is 12.4. The molecule has 36 heavy (non-hydrogen) atoms. The molecule has 1 N–H and O–H groups in total. The Balaban J connectivity index is 1.28. The van der Waals surface area contributed by atoms with E-state index in [2.05, 4.69) is 34.5 Å². The van der Waals surface area contributed by atoms with Gasteiger partial charge in [-0.05, 0) is 36.8 Å². The quantitative estimate of drug-likeness (QED) is 0.435. The molecule has 0 bridgehead atoms. The summed E-state index contributed by atoms with van der Waals surface area (Å²) in [7, 11) is 0. The molecule has 1 aliphatic rings. The Morgan fingerprint density at radius 3 is 2.22 bits per heavy atom. The number of aromatic nitrogens is 2. The maximum Gasteiger partial charge on any atom is 0.251 e. The fourth-order valence-electron chi connectivity index (χ4n) is 4.76. The van der Waals surface area contributed by atoms with Gasteiger partial charge >= 0.3 is 0 Å². The third-order valence-corrected chi connectivity index (χ3v) is 6.72. The Hall–Kier alpha value is -3.97. The Labute approximate surface area is 211 Å². The molecule has 0 spiro atoms. The van der Waals surface area contributed by atoms with Crippen LogP contribution in [0.2, 0.25) is 0 Å². The van der Waals surface area contributed by atoms with Gasteiger partial charge in [0.15, 0.2) is 0 Å². The molecule has 5 rings (SSSR count). The summed E-state index contributed by atoms with van der Waals surface area (Å²) < 4.78 is 1.95. The van der Waals surface area contributed by atoms with Crippen molar-refractivity contribution in [1.29, 1.82) is 0 Å². The average molecular weight is 482 g/mol. The second kappa shape index (κ2) is 10.7. The smallest absolute Gasteiger partial charge is 0.251 e. The summed E-state index contributed by atoms with van der Waals surface area (Å²) in [5.41, 5.74) is 3.59. The number of nitrogens with one attached hydrogen (secondary N) is 1. The monoisotopic (exact) mass is 481 g/mol. The molecule has 0 aliphatic carbocycles. The van der Waals surface area contributed by atoms with Gasteiger partial charge in [-0.25, -0.2) is 4.98 Å². The van der Waals surface area contributed by atoms with E-state index in [-0.39, 0.29) is 24.4 Å². The van der Waals surface area contributed by atoms with Crippen LogP contribution < -0.4 is 5.32 Å². The van der Waals surface area contributed by atoms with Crippen molar-refractivity contribution in [2.45, 2.75) is 26.1 Å². The van der Waals surface area contributed by atoms with Crippen molar-refractivity contribution in [2.75, 3.05) is 26.2 Å². The summed E-state index contributed by atoms with van der Waals surface area (Å²) in [4.78, 5) is 35.2. The van der Waals surface area contributed by atoms with E-state index < -0.39 is 0 Å². The molecular formula is C29H31N5O2. The van der Waals surface area contributed by atoms with Gasteiger partial charge in [0.1, 0.15) is 12.4 Å². The van der Waals surface area contributed by atoms with Gasteiger partial charge in [0.2, 0.25) is 5.91 Å². The van der Waals surface area contributed by atoms with Crippen LogP contribution in [0.5, 0.6) is 0 Å². The largest absolute Gasteiger partial charge is 0.342 e. The van der Waals surface area contributed by atoms with Crippen LogP contribution in [0.4, 0.5) is 0 Å². The molecule has 184 valence electrons. The first-order chi connectivity index (χ1) is 17.6. The van der Waals surface area contributed by atoms with Gasteiger partial charge in [0.05, 0.1) is 17.1 Å². The number of imidazole rings is 1. The molecule has 0 saturated carbocycles. The van der Waals surface area contributed by atoms with Crippen molar-refractivity contribution in [3.05, 3.63) is 102 Å². The first kappa shape index (κ1) is 23.8. The maximum absolute atomic E-state index is 13.4. The third kappa shape index (κ3) is 5.31. The normalized spacial score (nSPS) is 15.1. The van der Waals surface area contributed by atoms with Crippen LogP contribution in [-0.2, 0) is 17.9 Å². The molecular weight excluding hydrogens is 450 g/mol. The van der Waals surface area contributed by atoms with Crippen LogP contribution >= 0.6 is 0 Å². The van der Waals surface area contributed by atoms with Crippen LogP contribution in [-0.4, -0.2) is 57.3 Å². The van der Waals surface area contributed by atoms with Gasteiger partial charge < -0.3 is 14.8 Å². The lowest BCUT2D eigenvalue weighted by Gasteiger charge is -2.35. The molecule has 3 aromatic carbocycles. The minimum Gasteiger partial charge on any atom is -0.342 e. The van der Waals surface area contributed by atoms with E-state index in [1.54, 1.807) is 12.1 Å². The van der Waals surface area contributed by atoms with E-state index in [0.717, 1.165) is 30.7 Å². The SMILES string of the molecule is C[C@H](NC(=O)c1ccccc1)c1nc2ccccc2n1CC(=O)N1CCN(Cc2ccccc2)CC1. The van der Waals surface area contributed by atoms with Gasteiger partial charge in [-0.1, -0.05) is 60.7 Å². The Bertz CT molecular complexity index is 1330. The molecule has 1 aromatic heterocycles. The zero-order valence-electron chi connectivity index (χ0n) is 20.5. The van der Waals surface area contributed by atoms with E-state index in [0.29, 0.717) is 24.5 Å². The summed E-state index contributed by atoms with van der Waals surface area (Å²) in [6.45, 7) is 6.11. The number of benzene rings is 3. The van der Waals surface area contributed by atoms with Gasteiger partial charge in [-0.15, -0.1) is 0 Å². The summed E-state index contributed by atoms with van der Waals surface area (Å²) in [6.07, 6.45) is 0. The van der Waals surface area contributed by atoms with Gasteiger partial charge in [-0.3, -0.25) is 14.5 Å². The number of nitrogens with zero attached hydrogens (tertiary/aromatic N) is 4. The molecule has 1 aliphatic heterocycles. The summed E-state index contributed by atoms with van der Waals surface area (Å²) in [5, 5.41) is 3.04. The van der Waals surface area contributed by atoms with Crippen molar-refractivity contribution >= 4 is 22.8 Å². The Morgan fingerprint density at radius 1 is 0.861 bits per heavy atom. The Kier molecular flexibility index (Phi) is 7.09. The molecule has 4 aromatic rings. The highest BCUT2D eigenvalue weighted by atomic mass is 16.2. The molecule has 2 heterocycles. The van der Waals surface area contributed by atoms with Crippen molar-refractivity contribution in [3.63, 3.8) is 0 Å². The minimum atomic E-state index is -0.361. The van der Waals surface area contributed by atoms with Crippen molar-refractivity contribution in [1.82, 2.24) is 24.7 Å². The van der Waals surface area contributed by atoms with Crippen LogP contribution in [0.15, 0.2) is 84.9 Å². The van der Waals surface area contributed by atoms with Crippen LogP contribution in [0.3, 0.4) is 0 Å². The molecule has 1 atom stereocenters. The number of amides is 2. The number of fused-ring (bicyclic) bond motifs is 1. The number of piperazine rings is 1. The molecule has 1 saturated heterocycles. The lowest BCUT2D eigenvalue weighted by Crippen LogP contribution is -2.49. The van der Waals surface area contributed by atoms with Crippen molar-refractivity contribution in [3.8, 4) is 0 Å². The number of carbonyl (C=O) groups is 2. The fourth-order valence-corrected chi connectivity index (χ4v) is 4.76. The second-order valence-corrected chi connectivity index (χ2v) is 9.25. The average Bonchev–Trinajstić information content (AvgIpc) is 3.28. The van der Waals surface area contributed by atoms with E-state index >= 15 is 0 Å². The first-order valence-electron chi connectivity index (χ1n) is 12.4. The standard InChI is InChI=1S/C29H31N5O2/c1-22(30-29(36)24-12-6-3-7-13-24)28-31-25-14-8-9-15-26(25)34(28)21-27(35)33-18-16-32(17-19-33)20-23-10-4-2-5-11-23/h2-15,22H,16-21H2,1H3,(H,30,36)/t22-/m0/s1. The van der Waals surface area contributed by atoms with E-state index in [1.165, 1.54) is 5.56 Å². The highest BCUT2D eigenvalue weighted by Crippen LogP contribution is 2.22.